The van der Waals surface area contributed by atoms with Gasteiger partial charge in [-0.15, -0.1) is 0 Å². The average Bonchev–Trinajstić information content (AvgIpc) is 2.55. The fraction of sp³-hybridized carbons (Fsp3) is 0.231. The minimum Gasteiger partial charge on any atom is -0.301 e. The standard InChI is InChI=1S/C13H12ClNO2/c1-8(2)15-11(9-6-4-3-5-7-9)10(14)12(16)13(15)17/h3-8H,1-2H3. The van der Waals surface area contributed by atoms with E-state index in [1.807, 2.05) is 44.2 Å². The summed E-state index contributed by atoms with van der Waals surface area (Å²) in [4.78, 5) is 24.9. The van der Waals surface area contributed by atoms with Crippen molar-refractivity contribution in [2.75, 3.05) is 0 Å². The summed E-state index contributed by atoms with van der Waals surface area (Å²) in [6, 6.07) is 9.13. The Balaban J connectivity index is 2.56. The molecule has 2 rings (SSSR count). The molecule has 88 valence electrons. The maximum Gasteiger partial charge on any atom is 0.300 e. The fourth-order valence-corrected chi connectivity index (χ4v) is 2.15. The number of hydrogen-bond donors (Lipinski definition) is 0. The van der Waals surface area contributed by atoms with E-state index in [9.17, 15) is 9.59 Å². The summed E-state index contributed by atoms with van der Waals surface area (Å²) in [5.74, 6) is -1.18. The van der Waals surface area contributed by atoms with Crippen molar-refractivity contribution < 1.29 is 9.59 Å². The maximum absolute atomic E-state index is 11.8. The number of halogens is 1. The van der Waals surface area contributed by atoms with Crippen LogP contribution in [0.2, 0.25) is 0 Å². The number of carbonyl (C=O) groups excluding carboxylic acids is 2. The Kier molecular flexibility index (Phi) is 3.03. The molecule has 1 aromatic carbocycles. The molecule has 1 amide bonds. The molecule has 4 heteroatoms. The van der Waals surface area contributed by atoms with Crippen molar-refractivity contribution >= 4 is 29.0 Å². The van der Waals surface area contributed by atoms with E-state index >= 15 is 0 Å². The fourth-order valence-electron chi connectivity index (χ4n) is 1.87. The van der Waals surface area contributed by atoms with E-state index in [0.717, 1.165) is 5.56 Å². The Morgan fingerprint density at radius 3 is 2.24 bits per heavy atom. The van der Waals surface area contributed by atoms with Gasteiger partial charge in [0, 0.05) is 6.04 Å². The van der Waals surface area contributed by atoms with Crippen molar-refractivity contribution in [1.29, 1.82) is 0 Å². The monoisotopic (exact) mass is 249 g/mol. The molecule has 1 heterocycles. The Hall–Kier alpha value is -1.61. The highest BCUT2D eigenvalue weighted by atomic mass is 35.5. The third-order valence-electron chi connectivity index (χ3n) is 2.62. The van der Waals surface area contributed by atoms with Gasteiger partial charge >= 0.3 is 5.91 Å². The number of carbonyl (C=O) groups is 2. The molecule has 0 radical (unpaired) electrons. The molecule has 17 heavy (non-hydrogen) atoms. The molecule has 0 N–H and O–H groups in total. The minimum atomic E-state index is -0.626. The smallest absolute Gasteiger partial charge is 0.300 e. The molecular weight excluding hydrogens is 238 g/mol. The summed E-state index contributed by atoms with van der Waals surface area (Å²) in [5, 5.41) is 0.00917. The van der Waals surface area contributed by atoms with Gasteiger partial charge in [-0.05, 0) is 19.4 Å². The van der Waals surface area contributed by atoms with E-state index in [1.165, 1.54) is 4.90 Å². The zero-order valence-electron chi connectivity index (χ0n) is 9.61. The Labute approximate surface area is 105 Å². The van der Waals surface area contributed by atoms with Crippen LogP contribution in [0.5, 0.6) is 0 Å². The van der Waals surface area contributed by atoms with Gasteiger partial charge in [-0.2, -0.15) is 0 Å². The molecule has 0 spiro atoms. The molecule has 0 aliphatic carbocycles. The molecule has 0 unspecified atom stereocenters. The summed E-state index contributed by atoms with van der Waals surface area (Å²) < 4.78 is 0. The Morgan fingerprint density at radius 1 is 1.12 bits per heavy atom. The first kappa shape index (κ1) is 11.9. The highest BCUT2D eigenvalue weighted by Gasteiger charge is 2.39. The lowest BCUT2D eigenvalue weighted by atomic mass is 10.1. The highest BCUT2D eigenvalue weighted by Crippen LogP contribution is 2.33. The normalized spacial score (nSPS) is 16.4. The Bertz CT molecular complexity index is 505. The first-order chi connectivity index (χ1) is 8.04. The van der Waals surface area contributed by atoms with Crippen molar-refractivity contribution in [2.24, 2.45) is 0 Å². The average molecular weight is 250 g/mol. The number of amides is 1. The van der Waals surface area contributed by atoms with Crippen molar-refractivity contribution in [3.05, 3.63) is 40.9 Å². The molecule has 0 saturated carbocycles. The van der Waals surface area contributed by atoms with Crippen LogP contribution in [0.15, 0.2) is 35.4 Å². The number of rotatable bonds is 2. The molecule has 0 aromatic heterocycles. The van der Waals surface area contributed by atoms with Crippen LogP contribution < -0.4 is 0 Å². The van der Waals surface area contributed by atoms with Crippen LogP contribution in [0.3, 0.4) is 0 Å². The maximum atomic E-state index is 11.8. The van der Waals surface area contributed by atoms with Gasteiger partial charge in [-0.25, -0.2) is 0 Å². The largest absolute Gasteiger partial charge is 0.301 e. The van der Waals surface area contributed by atoms with E-state index in [1.54, 1.807) is 0 Å². The van der Waals surface area contributed by atoms with Crippen LogP contribution in [0, 0.1) is 0 Å². The van der Waals surface area contributed by atoms with Gasteiger partial charge in [-0.1, -0.05) is 41.9 Å². The Morgan fingerprint density at radius 2 is 1.71 bits per heavy atom. The van der Waals surface area contributed by atoms with E-state index in [-0.39, 0.29) is 11.1 Å². The summed E-state index contributed by atoms with van der Waals surface area (Å²) in [6.45, 7) is 3.70. The van der Waals surface area contributed by atoms with Gasteiger partial charge in [0.25, 0.3) is 5.78 Å². The lowest BCUT2D eigenvalue weighted by molar-refractivity contribution is -0.139. The molecule has 0 bridgehead atoms. The van der Waals surface area contributed by atoms with Gasteiger partial charge < -0.3 is 4.90 Å². The molecule has 1 aliphatic heterocycles. The molecule has 3 nitrogen and oxygen atoms in total. The second-order valence-corrected chi connectivity index (χ2v) is 4.50. The van der Waals surface area contributed by atoms with Gasteiger partial charge in [0.2, 0.25) is 0 Å². The quantitative estimate of drug-likeness (QED) is 0.755. The van der Waals surface area contributed by atoms with Gasteiger partial charge in [0.05, 0.1) is 5.70 Å². The SMILES string of the molecule is CC(C)N1C(=O)C(=O)C(Cl)=C1c1ccccc1. The van der Waals surface area contributed by atoms with Crippen molar-refractivity contribution in [1.82, 2.24) is 4.90 Å². The van der Waals surface area contributed by atoms with E-state index in [4.69, 9.17) is 11.6 Å². The minimum absolute atomic E-state index is 0.00917. The van der Waals surface area contributed by atoms with Gasteiger partial charge in [0.1, 0.15) is 5.03 Å². The number of ketones is 1. The molecule has 1 aromatic rings. The molecule has 1 aliphatic rings. The van der Waals surface area contributed by atoms with E-state index in [2.05, 4.69) is 0 Å². The third-order valence-corrected chi connectivity index (χ3v) is 2.98. The van der Waals surface area contributed by atoms with E-state index in [0.29, 0.717) is 5.70 Å². The summed E-state index contributed by atoms with van der Waals surface area (Å²) in [7, 11) is 0. The summed E-state index contributed by atoms with van der Waals surface area (Å²) in [6.07, 6.45) is 0. The lowest BCUT2D eigenvalue weighted by Crippen LogP contribution is -2.34. The molecular formula is C13H12ClNO2. The number of hydrogen-bond acceptors (Lipinski definition) is 2. The van der Waals surface area contributed by atoms with Crippen molar-refractivity contribution in [3.8, 4) is 0 Å². The third kappa shape index (κ3) is 1.87. The molecule has 0 saturated heterocycles. The van der Waals surface area contributed by atoms with Crippen LogP contribution in [-0.4, -0.2) is 22.6 Å². The van der Waals surface area contributed by atoms with Crippen LogP contribution in [-0.2, 0) is 9.59 Å². The van der Waals surface area contributed by atoms with Gasteiger partial charge in [0.15, 0.2) is 0 Å². The first-order valence-corrected chi connectivity index (χ1v) is 5.75. The van der Waals surface area contributed by atoms with E-state index < -0.39 is 11.7 Å². The zero-order chi connectivity index (χ0) is 12.6. The summed E-state index contributed by atoms with van der Waals surface area (Å²) in [5.41, 5.74) is 1.29. The molecule has 0 fully saturated rings. The van der Waals surface area contributed by atoms with Crippen LogP contribution in [0.25, 0.3) is 5.70 Å². The van der Waals surface area contributed by atoms with Crippen LogP contribution >= 0.6 is 11.6 Å². The first-order valence-electron chi connectivity index (χ1n) is 5.37. The summed E-state index contributed by atoms with van der Waals surface area (Å²) >= 11 is 5.96. The van der Waals surface area contributed by atoms with Crippen molar-refractivity contribution in [3.63, 3.8) is 0 Å². The van der Waals surface area contributed by atoms with Gasteiger partial charge in [-0.3, -0.25) is 9.59 Å². The topological polar surface area (TPSA) is 37.4 Å². The van der Waals surface area contributed by atoms with Crippen LogP contribution in [0.1, 0.15) is 19.4 Å². The predicted octanol–water partition coefficient (Wildman–Crippen LogP) is 2.41. The molecule has 0 atom stereocenters. The lowest BCUT2D eigenvalue weighted by Gasteiger charge is -2.23. The highest BCUT2D eigenvalue weighted by molar-refractivity contribution is 6.62. The van der Waals surface area contributed by atoms with Crippen molar-refractivity contribution in [2.45, 2.75) is 19.9 Å². The predicted molar refractivity (Wildman–Crippen MR) is 66.2 cm³/mol. The number of benzene rings is 1. The second kappa shape index (κ2) is 4.34. The second-order valence-electron chi connectivity index (χ2n) is 4.13. The van der Waals surface area contributed by atoms with Crippen LogP contribution in [0.4, 0.5) is 0 Å². The number of nitrogens with zero attached hydrogens (tertiary/aromatic N) is 1. The number of Topliss-reactive ketones (excluding diaryl/α,β-unsaturated/α-hetero) is 1. The zero-order valence-corrected chi connectivity index (χ0v) is 10.4.